The SMILES string of the molecule is COc1ccc(-c2c(C#Cc3ccccc3)cccc2C(=O)O)cn1. The van der Waals surface area contributed by atoms with Gasteiger partial charge in [-0.15, -0.1) is 0 Å². The molecule has 0 radical (unpaired) electrons. The number of aromatic nitrogens is 1. The number of pyridine rings is 1. The summed E-state index contributed by atoms with van der Waals surface area (Å²) in [6, 6.07) is 18.1. The second-order valence-electron chi connectivity index (χ2n) is 5.24. The highest BCUT2D eigenvalue weighted by atomic mass is 16.5. The Hall–Kier alpha value is -3.58. The van der Waals surface area contributed by atoms with E-state index >= 15 is 0 Å². The summed E-state index contributed by atoms with van der Waals surface area (Å²) < 4.78 is 5.06. The van der Waals surface area contributed by atoms with Crippen LogP contribution in [0.15, 0.2) is 66.9 Å². The van der Waals surface area contributed by atoms with Crippen LogP contribution in [0.1, 0.15) is 21.5 Å². The zero-order valence-corrected chi connectivity index (χ0v) is 13.6. The first-order valence-electron chi connectivity index (χ1n) is 7.63. The monoisotopic (exact) mass is 329 g/mol. The average Bonchev–Trinajstić information content (AvgIpc) is 2.67. The van der Waals surface area contributed by atoms with Crippen molar-refractivity contribution in [2.75, 3.05) is 7.11 Å². The third-order valence-corrected chi connectivity index (χ3v) is 3.64. The molecule has 0 saturated heterocycles. The van der Waals surface area contributed by atoms with Crippen LogP contribution in [0.3, 0.4) is 0 Å². The summed E-state index contributed by atoms with van der Waals surface area (Å²) in [4.78, 5) is 15.8. The summed E-state index contributed by atoms with van der Waals surface area (Å²) >= 11 is 0. The minimum absolute atomic E-state index is 0.187. The highest BCUT2D eigenvalue weighted by Gasteiger charge is 2.15. The van der Waals surface area contributed by atoms with Crippen molar-refractivity contribution in [3.63, 3.8) is 0 Å². The fourth-order valence-electron chi connectivity index (χ4n) is 2.46. The molecule has 0 bridgehead atoms. The number of rotatable bonds is 3. The number of hydrogen-bond acceptors (Lipinski definition) is 3. The van der Waals surface area contributed by atoms with Crippen LogP contribution in [0, 0.1) is 11.8 Å². The normalized spacial score (nSPS) is 9.80. The smallest absolute Gasteiger partial charge is 0.336 e. The highest BCUT2D eigenvalue weighted by Crippen LogP contribution is 2.28. The number of carboxylic acids is 1. The van der Waals surface area contributed by atoms with Gasteiger partial charge in [0, 0.05) is 34.5 Å². The van der Waals surface area contributed by atoms with E-state index in [4.69, 9.17) is 4.74 Å². The first-order valence-corrected chi connectivity index (χ1v) is 7.63. The van der Waals surface area contributed by atoms with E-state index in [1.165, 1.54) is 7.11 Å². The highest BCUT2D eigenvalue weighted by molar-refractivity contribution is 5.97. The standard InChI is InChI=1S/C21H15NO3/c1-25-19-13-12-17(14-22-19)20-16(8-5-9-18(20)21(23)24)11-10-15-6-3-2-4-7-15/h2-9,12-14H,1H3,(H,23,24). The minimum Gasteiger partial charge on any atom is -0.481 e. The van der Waals surface area contributed by atoms with Crippen LogP contribution in [-0.2, 0) is 0 Å². The number of carboxylic acid groups (broad SMARTS) is 1. The van der Waals surface area contributed by atoms with Gasteiger partial charge >= 0.3 is 5.97 Å². The summed E-state index contributed by atoms with van der Waals surface area (Å²) in [5.41, 5.74) is 2.91. The predicted octanol–water partition coefficient (Wildman–Crippen LogP) is 3.86. The van der Waals surface area contributed by atoms with Crippen LogP contribution in [0.25, 0.3) is 11.1 Å². The van der Waals surface area contributed by atoms with Crippen LogP contribution in [-0.4, -0.2) is 23.2 Å². The number of aromatic carboxylic acids is 1. The summed E-state index contributed by atoms with van der Waals surface area (Å²) in [7, 11) is 1.53. The molecule has 0 aliphatic rings. The Bertz CT molecular complexity index is 952. The van der Waals surface area contributed by atoms with Gasteiger partial charge in [0.05, 0.1) is 12.7 Å². The van der Waals surface area contributed by atoms with Gasteiger partial charge in [-0.05, 0) is 30.3 Å². The second kappa shape index (κ2) is 7.33. The van der Waals surface area contributed by atoms with Crippen LogP contribution in [0.4, 0.5) is 0 Å². The molecular formula is C21H15NO3. The maximum atomic E-state index is 11.7. The summed E-state index contributed by atoms with van der Waals surface area (Å²) in [5.74, 6) is 5.61. The number of benzene rings is 2. The maximum Gasteiger partial charge on any atom is 0.336 e. The Morgan fingerprint density at radius 2 is 1.80 bits per heavy atom. The Labute approximate surface area is 145 Å². The zero-order valence-electron chi connectivity index (χ0n) is 13.6. The van der Waals surface area contributed by atoms with Gasteiger partial charge in [0.25, 0.3) is 0 Å². The van der Waals surface area contributed by atoms with E-state index in [0.29, 0.717) is 22.6 Å². The largest absolute Gasteiger partial charge is 0.481 e. The first-order chi connectivity index (χ1) is 12.2. The van der Waals surface area contributed by atoms with Crippen molar-refractivity contribution >= 4 is 5.97 Å². The van der Waals surface area contributed by atoms with Crippen molar-refractivity contribution in [2.24, 2.45) is 0 Å². The van der Waals surface area contributed by atoms with Crippen molar-refractivity contribution in [3.05, 3.63) is 83.6 Å². The van der Waals surface area contributed by atoms with Gasteiger partial charge in [0.1, 0.15) is 0 Å². The van der Waals surface area contributed by atoms with Crippen LogP contribution in [0.2, 0.25) is 0 Å². The molecular weight excluding hydrogens is 314 g/mol. The third-order valence-electron chi connectivity index (χ3n) is 3.64. The lowest BCUT2D eigenvalue weighted by molar-refractivity contribution is 0.0697. The minimum atomic E-state index is -1.01. The quantitative estimate of drug-likeness (QED) is 0.741. The molecule has 122 valence electrons. The van der Waals surface area contributed by atoms with E-state index in [9.17, 15) is 9.90 Å². The summed E-state index contributed by atoms with van der Waals surface area (Å²) in [6.07, 6.45) is 1.59. The predicted molar refractivity (Wildman–Crippen MR) is 95.6 cm³/mol. The van der Waals surface area contributed by atoms with Crippen molar-refractivity contribution in [1.82, 2.24) is 4.98 Å². The lowest BCUT2D eigenvalue weighted by Gasteiger charge is -2.09. The van der Waals surface area contributed by atoms with E-state index in [1.54, 1.807) is 30.5 Å². The molecule has 0 atom stereocenters. The van der Waals surface area contributed by atoms with Crippen molar-refractivity contribution < 1.29 is 14.6 Å². The molecule has 2 aromatic carbocycles. The van der Waals surface area contributed by atoms with E-state index in [0.717, 1.165) is 5.56 Å². The summed E-state index contributed by atoms with van der Waals surface area (Å²) in [5, 5.41) is 9.54. The molecule has 3 rings (SSSR count). The fraction of sp³-hybridized carbons (Fsp3) is 0.0476. The van der Waals surface area contributed by atoms with Gasteiger partial charge < -0.3 is 9.84 Å². The molecule has 1 aromatic heterocycles. The van der Waals surface area contributed by atoms with Crippen LogP contribution >= 0.6 is 0 Å². The molecule has 4 heteroatoms. The molecule has 25 heavy (non-hydrogen) atoms. The third kappa shape index (κ3) is 3.67. The number of carbonyl (C=O) groups is 1. The molecule has 0 amide bonds. The van der Waals surface area contributed by atoms with E-state index in [-0.39, 0.29) is 5.56 Å². The molecule has 1 heterocycles. The molecule has 3 aromatic rings. The van der Waals surface area contributed by atoms with Crippen molar-refractivity contribution in [2.45, 2.75) is 0 Å². The van der Waals surface area contributed by atoms with E-state index < -0.39 is 5.97 Å². The van der Waals surface area contributed by atoms with E-state index in [2.05, 4.69) is 16.8 Å². The number of nitrogens with zero attached hydrogens (tertiary/aromatic N) is 1. The van der Waals surface area contributed by atoms with Gasteiger partial charge in [-0.3, -0.25) is 0 Å². The lowest BCUT2D eigenvalue weighted by atomic mass is 9.95. The first kappa shape index (κ1) is 16.3. The Morgan fingerprint density at radius 1 is 1.00 bits per heavy atom. The second-order valence-corrected chi connectivity index (χ2v) is 5.24. The Kier molecular flexibility index (Phi) is 4.77. The van der Waals surface area contributed by atoms with Gasteiger partial charge in [-0.25, -0.2) is 9.78 Å². The molecule has 0 saturated carbocycles. The molecule has 0 fully saturated rings. The van der Waals surface area contributed by atoms with Gasteiger partial charge in [-0.2, -0.15) is 0 Å². The average molecular weight is 329 g/mol. The van der Waals surface area contributed by atoms with Crippen LogP contribution < -0.4 is 4.74 Å². The Balaban J connectivity index is 2.14. The topological polar surface area (TPSA) is 59.4 Å². The van der Waals surface area contributed by atoms with Gasteiger partial charge in [0.2, 0.25) is 5.88 Å². The Morgan fingerprint density at radius 3 is 2.44 bits per heavy atom. The number of methoxy groups -OCH3 is 1. The summed E-state index contributed by atoms with van der Waals surface area (Å²) in [6.45, 7) is 0. The van der Waals surface area contributed by atoms with Crippen LogP contribution in [0.5, 0.6) is 5.88 Å². The van der Waals surface area contributed by atoms with Crippen molar-refractivity contribution in [1.29, 1.82) is 0 Å². The molecule has 0 spiro atoms. The zero-order chi connectivity index (χ0) is 17.6. The fourth-order valence-corrected chi connectivity index (χ4v) is 2.46. The molecule has 4 nitrogen and oxygen atoms in total. The number of ether oxygens (including phenoxy) is 1. The lowest BCUT2D eigenvalue weighted by Crippen LogP contribution is -2.02. The van der Waals surface area contributed by atoms with Gasteiger partial charge in [0.15, 0.2) is 0 Å². The van der Waals surface area contributed by atoms with Gasteiger partial charge in [-0.1, -0.05) is 36.1 Å². The van der Waals surface area contributed by atoms with E-state index in [1.807, 2.05) is 36.4 Å². The maximum absolute atomic E-state index is 11.7. The molecule has 0 aliphatic heterocycles. The molecule has 1 N–H and O–H groups in total. The molecule has 0 unspecified atom stereocenters. The number of hydrogen-bond donors (Lipinski definition) is 1. The van der Waals surface area contributed by atoms with Crippen molar-refractivity contribution in [3.8, 4) is 28.8 Å². The molecule has 0 aliphatic carbocycles.